The highest BCUT2D eigenvalue weighted by Gasteiger charge is 2.33. The van der Waals surface area contributed by atoms with E-state index >= 15 is 0 Å². The van der Waals surface area contributed by atoms with E-state index in [1.165, 1.54) is 51.4 Å². The largest absolute Gasteiger partial charge is 0.457 e. The molecule has 2 aromatic carbocycles. The molecule has 2 fully saturated rings. The van der Waals surface area contributed by atoms with Crippen LogP contribution in [0, 0.1) is 5.92 Å². The number of guanidine groups is 1. The number of para-hydroxylation sites is 1. The summed E-state index contributed by atoms with van der Waals surface area (Å²) in [5, 5.41) is 0. The number of carbonyl (C=O) groups excluding carboxylic acids is 1. The van der Waals surface area contributed by atoms with E-state index in [1.54, 1.807) is 0 Å². The van der Waals surface area contributed by atoms with Crippen molar-refractivity contribution in [1.82, 2.24) is 9.80 Å². The Labute approximate surface area is 242 Å². The Morgan fingerprint density at radius 2 is 1.67 bits per heavy atom. The summed E-state index contributed by atoms with van der Waals surface area (Å²) in [5.74, 6) is 3.02. The molecular weight excluding hydrogens is 504 g/mol. The standard InChI is InChI=1S/C31H42N4O2.CH4.H2S/c1-34(25-13-7-3-8-14-25)30(36)20-19-29(23-11-5-2-6-12-23)35-22-24-21-27(17-18-28(24)33-31(35)32)37-26-15-9-4-10-16-26;;/h4,9-10,15-18,21,23,25,29H,2-3,5-8,11-14,19-20,22H2,1H3,(H2,32,33);1H4;1H2/t29-;;/m0../s1. The fourth-order valence-electron chi connectivity index (χ4n) is 6.51. The van der Waals surface area contributed by atoms with Gasteiger partial charge in [0.1, 0.15) is 11.5 Å². The molecule has 1 heterocycles. The minimum atomic E-state index is 0. The van der Waals surface area contributed by atoms with Crippen molar-refractivity contribution in [3.8, 4) is 11.5 Å². The zero-order chi connectivity index (χ0) is 25.6. The molecule has 0 bridgehead atoms. The van der Waals surface area contributed by atoms with E-state index in [2.05, 4.69) is 11.0 Å². The number of nitrogens with zero attached hydrogens (tertiary/aromatic N) is 3. The maximum atomic E-state index is 13.2. The molecule has 2 aromatic rings. The number of aliphatic imine (C=N–C) groups is 1. The van der Waals surface area contributed by atoms with Crippen LogP contribution in [0.4, 0.5) is 5.69 Å². The fourth-order valence-corrected chi connectivity index (χ4v) is 6.51. The molecule has 1 aliphatic heterocycles. The molecule has 0 saturated heterocycles. The number of hydrogen-bond donors (Lipinski definition) is 1. The Morgan fingerprint density at radius 1 is 1.00 bits per heavy atom. The van der Waals surface area contributed by atoms with E-state index < -0.39 is 0 Å². The van der Waals surface area contributed by atoms with Gasteiger partial charge >= 0.3 is 0 Å². The summed E-state index contributed by atoms with van der Waals surface area (Å²) < 4.78 is 6.10. The summed E-state index contributed by atoms with van der Waals surface area (Å²) >= 11 is 0. The van der Waals surface area contributed by atoms with Crippen molar-refractivity contribution in [3.63, 3.8) is 0 Å². The number of nitrogens with two attached hydrogens (primary N) is 1. The summed E-state index contributed by atoms with van der Waals surface area (Å²) in [6, 6.07) is 16.5. The van der Waals surface area contributed by atoms with Gasteiger partial charge in [-0.2, -0.15) is 13.5 Å². The van der Waals surface area contributed by atoms with Gasteiger partial charge in [0.05, 0.1) is 5.69 Å². The van der Waals surface area contributed by atoms with Gasteiger partial charge in [0, 0.05) is 37.7 Å². The lowest BCUT2D eigenvalue weighted by Crippen LogP contribution is -2.49. The van der Waals surface area contributed by atoms with Crippen LogP contribution in [0.15, 0.2) is 53.5 Å². The molecule has 0 spiro atoms. The second-order valence-electron chi connectivity index (χ2n) is 11.1. The van der Waals surface area contributed by atoms with Crippen LogP contribution >= 0.6 is 13.5 Å². The lowest BCUT2D eigenvalue weighted by Gasteiger charge is -2.41. The average molecular weight is 553 g/mol. The molecular formula is C32H48N4O2S. The highest BCUT2D eigenvalue weighted by atomic mass is 32.1. The quantitative estimate of drug-likeness (QED) is 0.368. The summed E-state index contributed by atoms with van der Waals surface area (Å²) in [4.78, 5) is 22.3. The maximum Gasteiger partial charge on any atom is 0.222 e. The van der Waals surface area contributed by atoms with E-state index in [0.717, 1.165) is 42.0 Å². The highest BCUT2D eigenvalue weighted by Crippen LogP contribution is 2.37. The lowest BCUT2D eigenvalue weighted by atomic mass is 9.81. The second-order valence-corrected chi connectivity index (χ2v) is 11.1. The Hall–Kier alpha value is -2.67. The number of benzene rings is 2. The number of ether oxygens (including phenoxy) is 1. The first-order valence-corrected chi connectivity index (χ1v) is 14.3. The normalized spacial score (nSPS) is 18.6. The summed E-state index contributed by atoms with van der Waals surface area (Å²) in [6.45, 7) is 0.699. The maximum absolute atomic E-state index is 13.2. The number of amides is 1. The molecule has 1 atom stereocenters. The molecule has 3 aliphatic rings. The van der Waals surface area contributed by atoms with Crippen LogP contribution in [-0.2, 0) is 11.3 Å². The molecule has 0 unspecified atom stereocenters. The van der Waals surface area contributed by atoms with E-state index in [9.17, 15) is 4.79 Å². The number of hydrogen-bond acceptors (Lipinski definition) is 5. The van der Waals surface area contributed by atoms with E-state index in [4.69, 9.17) is 15.5 Å². The van der Waals surface area contributed by atoms with Crippen molar-refractivity contribution in [2.45, 2.75) is 103 Å². The summed E-state index contributed by atoms with van der Waals surface area (Å²) in [7, 11) is 2.01. The monoisotopic (exact) mass is 552 g/mol. The van der Waals surface area contributed by atoms with Crippen LogP contribution in [-0.4, -0.2) is 40.8 Å². The van der Waals surface area contributed by atoms with Crippen LogP contribution in [0.1, 0.15) is 90.0 Å². The topological polar surface area (TPSA) is 71.2 Å². The van der Waals surface area contributed by atoms with Crippen LogP contribution in [0.5, 0.6) is 11.5 Å². The Kier molecular flexibility index (Phi) is 11.6. The van der Waals surface area contributed by atoms with Gasteiger partial charge in [-0.25, -0.2) is 4.99 Å². The summed E-state index contributed by atoms with van der Waals surface area (Å²) in [5.41, 5.74) is 8.62. The Morgan fingerprint density at radius 3 is 2.36 bits per heavy atom. The first-order valence-electron chi connectivity index (χ1n) is 14.3. The summed E-state index contributed by atoms with van der Waals surface area (Å²) in [6.07, 6.45) is 13.7. The zero-order valence-corrected chi connectivity index (χ0v) is 23.8. The molecule has 2 aliphatic carbocycles. The van der Waals surface area contributed by atoms with Crippen LogP contribution in [0.3, 0.4) is 0 Å². The predicted octanol–water partition coefficient (Wildman–Crippen LogP) is 7.51. The third-order valence-electron chi connectivity index (χ3n) is 8.66. The molecule has 7 heteroatoms. The highest BCUT2D eigenvalue weighted by molar-refractivity contribution is 7.59. The van der Waals surface area contributed by atoms with Gasteiger partial charge in [-0.1, -0.05) is 64.2 Å². The van der Waals surface area contributed by atoms with E-state index in [1.807, 2.05) is 54.4 Å². The molecule has 2 saturated carbocycles. The molecule has 2 N–H and O–H groups in total. The molecule has 0 radical (unpaired) electrons. The molecule has 1 amide bonds. The van der Waals surface area contributed by atoms with E-state index in [0.29, 0.717) is 30.9 Å². The van der Waals surface area contributed by atoms with Crippen molar-refractivity contribution in [1.29, 1.82) is 0 Å². The van der Waals surface area contributed by atoms with Crippen LogP contribution < -0.4 is 10.5 Å². The van der Waals surface area contributed by atoms with Gasteiger partial charge in [-0.3, -0.25) is 4.79 Å². The number of fused-ring (bicyclic) bond motifs is 1. The van der Waals surface area contributed by atoms with Gasteiger partial charge in [0.15, 0.2) is 5.96 Å². The van der Waals surface area contributed by atoms with Gasteiger partial charge in [-0.15, -0.1) is 0 Å². The minimum absolute atomic E-state index is 0. The van der Waals surface area contributed by atoms with Crippen molar-refractivity contribution < 1.29 is 9.53 Å². The molecule has 214 valence electrons. The third kappa shape index (κ3) is 7.71. The Bertz CT molecular complexity index is 1080. The SMILES string of the molecule is C.CN(C(=O)CC[C@@H](C1CCCCC1)N1Cc2cc(Oc3ccccc3)ccc2N=C1N)C1CCCCC1.S. The van der Waals surface area contributed by atoms with Gasteiger partial charge < -0.3 is 20.3 Å². The van der Waals surface area contributed by atoms with Gasteiger partial charge in [0.25, 0.3) is 0 Å². The first-order chi connectivity index (χ1) is 18.1. The second kappa shape index (κ2) is 14.6. The van der Waals surface area contributed by atoms with Gasteiger partial charge in [-0.05, 0) is 68.4 Å². The predicted molar refractivity (Wildman–Crippen MR) is 166 cm³/mol. The third-order valence-corrected chi connectivity index (χ3v) is 8.66. The fraction of sp³-hybridized carbons (Fsp3) is 0.562. The van der Waals surface area contributed by atoms with Crippen molar-refractivity contribution >= 4 is 31.0 Å². The minimum Gasteiger partial charge on any atom is -0.457 e. The molecule has 5 rings (SSSR count). The first kappa shape index (κ1) is 30.9. The van der Waals surface area contributed by atoms with Crippen LogP contribution in [0.2, 0.25) is 0 Å². The van der Waals surface area contributed by atoms with Crippen LogP contribution in [0.25, 0.3) is 0 Å². The molecule has 6 nitrogen and oxygen atoms in total. The smallest absolute Gasteiger partial charge is 0.222 e. The molecule has 39 heavy (non-hydrogen) atoms. The number of carbonyl (C=O) groups is 1. The number of rotatable bonds is 8. The zero-order valence-electron chi connectivity index (χ0n) is 22.8. The van der Waals surface area contributed by atoms with Crippen molar-refractivity contribution in [2.75, 3.05) is 7.05 Å². The van der Waals surface area contributed by atoms with Crippen molar-refractivity contribution in [3.05, 3.63) is 54.1 Å². The average Bonchev–Trinajstić information content (AvgIpc) is 2.94. The lowest BCUT2D eigenvalue weighted by molar-refractivity contribution is -0.133. The van der Waals surface area contributed by atoms with Gasteiger partial charge in [0.2, 0.25) is 5.91 Å². The van der Waals surface area contributed by atoms with E-state index in [-0.39, 0.29) is 32.9 Å². The molecule has 0 aromatic heterocycles. The van der Waals surface area contributed by atoms with Crippen molar-refractivity contribution in [2.24, 2.45) is 16.6 Å². The Balaban J connectivity index is 0.00000210.